The normalized spacial score (nSPS) is 10.5. The van der Waals surface area contributed by atoms with Crippen LogP contribution in [0, 0.1) is 11.8 Å². The highest BCUT2D eigenvalue weighted by Gasteiger charge is 2.09. The Hall–Kier alpha value is -0.780. The van der Waals surface area contributed by atoms with Crippen LogP contribution in [0.2, 0.25) is 5.15 Å². The minimum absolute atomic E-state index is 0.0801. The molecule has 0 aliphatic heterocycles. The van der Waals surface area contributed by atoms with Crippen molar-refractivity contribution >= 4 is 11.6 Å². The second-order valence-electron chi connectivity index (χ2n) is 2.24. The first-order valence-electron chi connectivity index (χ1n) is 3.41. The number of hydrogen-bond donors (Lipinski definition) is 1. The van der Waals surface area contributed by atoms with Gasteiger partial charge in [0.15, 0.2) is 5.82 Å². The molecule has 0 amide bonds. The molecule has 0 aliphatic carbocycles. The van der Waals surface area contributed by atoms with Crippen LogP contribution in [0.1, 0.15) is 5.56 Å². The molecule has 0 unspecified atom stereocenters. The number of halogens is 3. The van der Waals surface area contributed by atoms with E-state index in [-0.39, 0.29) is 11.7 Å². The van der Waals surface area contributed by atoms with Crippen LogP contribution in [-0.2, 0) is 11.4 Å². The summed E-state index contributed by atoms with van der Waals surface area (Å²) in [6, 6.07) is 0.969. The van der Waals surface area contributed by atoms with E-state index in [0.29, 0.717) is 5.56 Å². The van der Waals surface area contributed by atoms with Crippen molar-refractivity contribution in [3.8, 4) is 0 Å². The minimum atomic E-state index is -1.20. The molecular weight excluding hydrogens is 202 g/mol. The van der Waals surface area contributed by atoms with Crippen LogP contribution in [0.15, 0.2) is 6.07 Å². The van der Waals surface area contributed by atoms with E-state index in [4.69, 9.17) is 11.6 Å². The smallest absolute Gasteiger partial charge is 0.250 e. The zero-order valence-corrected chi connectivity index (χ0v) is 7.53. The first-order valence-corrected chi connectivity index (χ1v) is 3.79. The Bertz CT molecular complexity index is 309. The summed E-state index contributed by atoms with van der Waals surface area (Å²) in [5.74, 6) is -2.23. The van der Waals surface area contributed by atoms with Crippen molar-refractivity contribution in [2.45, 2.75) is 6.54 Å². The van der Waals surface area contributed by atoms with Crippen LogP contribution in [0.25, 0.3) is 0 Å². The molecule has 1 aromatic heterocycles. The summed E-state index contributed by atoms with van der Waals surface area (Å²) in [6.07, 6.45) is 0. The lowest BCUT2D eigenvalue weighted by molar-refractivity contribution is 0.0865. The molecular formula is C7H7ClF2N2O. The quantitative estimate of drug-likeness (QED) is 0.606. The molecule has 0 aliphatic rings. The number of pyridine rings is 1. The summed E-state index contributed by atoms with van der Waals surface area (Å²) in [5.41, 5.74) is 2.77. The van der Waals surface area contributed by atoms with Gasteiger partial charge in [0.2, 0.25) is 5.95 Å². The van der Waals surface area contributed by atoms with E-state index in [1.807, 2.05) is 0 Å². The van der Waals surface area contributed by atoms with Gasteiger partial charge in [0.25, 0.3) is 0 Å². The lowest BCUT2D eigenvalue weighted by Gasteiger charge is -2.04. The summed E-state index contributed by atoms with van der Waals surface area (Å²) in [5, 5.41) is -0.0801. The van der Waals surface area contributed by atoms with E-state index in [9.17, 15) is 8.78 Å². The number of aromatic nitrogens is 1. The van der Waals surface area contributed by atoms with Gasteiger partial charge in [-0.15, -0.1) is 0 Å². The summed E-state index contributed by atoms with van der Waals surface area (Å²) in [6.45, 7) is 0.166. The van der Waals surface area contributed by atoms with E-state index in [1.54, 1.807) is 0 Å². The van der Waals surface area contributed by atoms with Crippen molar-refractivity contribution in [3.05, 3.63) is 28.5 Å². The minimum Gasteiger partial charge on any atom is -0.305 e. The molecule has 0 fully saturated rings. The molecule has 0 aromatic carbocycles. The average molecular weight is 209 g/mol. The van der Waals surface area contributed by atoms with Crippen LogP contribution in [0.5, 0.6) is 0 Å². The molecule has 6 heteroatoms. The first-order chi connectivity index (χ1) is 6.15. The van der Waals surface area contributed by atoms with Crippen LogP contribution in [0.3, 0.4) is 0 Å². The zero-order chi connectivity index (χ0) is 9.84. The van der Waals surface area contributed by atoms with E-state index < -0.39 is 11.8 Å². The topological polar surface area (TPSA) is 34.1 Å². The Labute approximate surface area is 78.6 Å². The molecule has 1 N–H and O–H groups in total. The molecule has 0 saturated heterocycles. The Morgan fingerprint density at radius 3 is 2.92 bits per heavy atom. The van der Waals surface area contributed by atoms with E-state index >= 15 is 0 Å². The molecule has 13 heavy (non-hydrogen) atoms. The maximum atomic E-state index is 12.6. The van der Waals surface area contributed by atoms with E-state index in [1.165, 1.54) is 7.11 Å². The molecule has 72 valence electrons. The van der Waals surface area contributed by atoms with Gasteiger partial charge < -0.3 is 4.84 Å². The third-order valence-corrected chi connectivity index (χ3v) is 1.69. The molecule has 1 rings (SSSR count). The second-order valence-corrected chi connectivity index (χ2v) is 2.59. The van der Waals surface area contributed by atoms with Gasteiger partial charge in [0, 0.05) is 12.1 Å². The summed E-state index contributed by atoms with van der Waals surface area (Å²) in [7, 11) is 1.40. The van der Waals surface area contributed by atoms with Crippen molar-refractivity contribution in [2.75, 3.05) is 7.11 Å². The second kappa shape index (κ2) is 4.45. The SMILES string of the molecule is CONCc1cc(F)c(F)nc1Cl. The van der Waals surface area contributed by atoms with Gasteiger partial charge in [-0.05, 0) is 6.07 Å². The summed E-state index contributed by atoms with van der Waals surface area (Å²) >= 11 is 5.52. The largest absolute Gasteiger partial charge is 0.305 e. The van der Waals surface area contributed by atoms with E-state index in [0.717, 1.165) is 6.07 Å². The highest BCUT2D eigenvalue weighted by atomic mass is 35.5. The van der Waals surface area contributed by atoms with E-state index in [2.05, 4.69) is 15.3 Å². The average Bonchev–Trinajstić information content (AvgIpc) is 2.09. The third kappa shape index (κ3) is 2.58. The molecule has 1 aromatic rings. The third-order valence-electron chi connectivity index (χ3n) is 1.37. The molecule has 0 atom stereocenters. The predicted molar refractivity (Wildman–Crippen MR) is 43.0 cm³/mol. The summed E-state index contributed by atoms with van der Waals surface area (Å²) in [4.78, 5) is 7.67. The maximum absolute atomic E-state index is 12.6. The van der Waals surface area contributed by atoms with Gasteiger partial charge in [-0.25, -0.2) is 9.37 Å². The standard InChI is InChI=1S/C7H7ClF2N2O/c1-13-11-3-4-2-5(9)7(10)12-6(4)8/h2,11H,3H2,1H3. The van der Waals surface area contributed by atoms with Crippen molar-refractivity contribution < 1.29 is 13.6 Å². The monoisotopic (exact) mass is 208 g/mol. The Morgan fingerprint density at radius 1 is 1.62 bits per heavy atom. The molecule has 0 spiro atoms. The number of hydroxylamine groups is 1. The highest BCUT2D eigenvalue weighted by molar-refractivity contribution is 6.30. The van der Waals surface area contributed by atoms with Crippen LogP contribution in [-0.4, -0.2) is 12.1 Å². The lowest BCUT2D eigenvalue weighted by atomic mass is 10.3. The first kappa shape index (κ1) is 10.3. The molecule has 1 heterocycles. The van der Waals surface area contributed by atoms with Gasteiger partial charge in [0.05, 0.1) is 7.11 Å². The van der Waals surface area contributed by atoms with Crippen LogP contribution >= 0.6 is 11.6 Å². The molecule has 0 saturated carbocycles. The van der Waals surface area contributed by atoms with Gasteiger partial charge in [-0.1, -0.05) is 11.6 Å². The van der Waals surface area contributed by atoms with Gasteiger partial charge in [-0.3, -0.25) is 0 Å². The number of hydrogen-bond acceptors (Lipinski definition) is 3. The molecule has 0 bridgehead atoms. The fourth-order valence-corrected chi connectivity index (χ4v) is 0.953. The van der Waals surface area contributed by atoms with Crippen molar-refractivity contribution in [1.82, 2.24) is 10.5 Å². The lowest BCUT2D eigenvalue weighted by Crippen LogP contribution is -2.12. The number of rotatable bonds is 3. The van der Waals surface area contributed by atoms with Gasteiger partial charge >= 0.3 is 0 Å². The molecule has 3 nitrogen and oxygen atoms in total. The van der Waals surface area contributed by atoms with Gasteiger partial charge in [-0.2, -0.15) is 9.87 Å². The fourth-order valence-electron chi connectivity index (χ4n) is 0.757. The summed E-state index contributed by atoms with van der Waals surface area (Å²) < 4.78 is 25.1. The van der Waals surface area contributed by atoms with Crippen molar-refractivity contribution in [3.63, 3.8) is 0 Å². The predicted octanol–water partition coefficient (Wildman–Crippen LogP) is 1.66. The van der Waals surface area contributed by atoms with Crippen molar-refractivity contribution in [1.29, 1.82) is 0 Å². The fraction of sp³-hybridized carbons (Fsp3) is 0.286. The molecule has 0 radical (unpaired) electrons. The Kier molecular flexibility index (Phi) is 3.53. The Balaban J connectivity index is 2.88. The number of nitrogens with zero attached hydrogens (tertiary/aromatic N) is 1. The highest BCUT2D eigenvalue weighted by Crippen LogP contribution is 2.15. The number of nitrogens with one attached hydrogen (secondary N) is 1. The van der Waals surface area contributed by atoms with Crippen LogP contribution in [0.4, 0.5) is 8.78 Å². The van der Waals surface area contributed by atoms with Gasteiger partial charge in [0.1, 0.15) is 5.15 Å². The van der Waals surface area contributed by atoms with Crippen molar-refractivity contribution in [2.24, 2.45) is 0 Å². The Morgan fingerprint density at radius 2 is 2.31 bits per heavy atom. The zero-order valence-electron chi connectivity index (χ0n) is 6.77. The van der Waals surface area contributed by atoms with Crippen LogP contribution < -0.4 is 5.48 Å². The maximum Gasteiger partial charge on any atom is 0.250 e.